The number of carbonyl (C=O) groups is 2. The number of nitrogens with zero attached hydrogens (tertiary/aromatic N) is 4. The van der Waals surface area contributed by atoms with Gasteiger partial charge < -0.3 is 20.4 Å². The molecule has 0 aromatic carbocycles. The van der Waals surface area contributed by atoms with Crippen LogP contribution in [0.15, 0.2) is 17.1 Å². The van der Waals surface area contributed by atoms with Gasteiger partial charge in [-0.25, -0.2) is 0 Å². The molecular weight excluding hydrogens is 519 g/mol. The second kappa shape index (κ2) is 11.3. The maximum Gasteiger partial charge on any atom is 0.233 e. The van der Waals surface area contributed by atoms with Crippen molar-refractivity contribution in [2.45, 2.75) is 20.3 Å². The molecule has 1 saturated carbocycles. The number of amides is 2. The Kier molecular flexibility index (Phi) is 8.97. The van der Waals surface area contributed by atoms with Crippen LogP contribution in [0.1, 0.15) is 20.3 Å². The molecule has 2 N–H and O–H groups in total. The summed E-state index contributed by atoms with van der Waals surface area (Å²) in [6, 6.07) is 0. The number of aliphatic imine (C=N–C) groups is 1. The Morgan fingerprint density at radius 2 is 1.72 bits per heavy atom. The number of allylic oxidation sites excluding steroid dienone is 2. The summed E-state index contributed by atoms with van der Waals surface area (Å²) < 4.78 is 0. The van der Waals surface area contributed by atoms with Gasteiger partial charge >= 0.3 is 0 Å². The number of likely N-dealkylation sites (tertiary alicyclic amines) is 1. The van der Waals surface area contributed by atoms with Crippen molar-refractivity contribution < 1.29 is 9.59 Å². The Bertz CT molecular complexity index is 706. The molecule has 0 aromatic rings. The normalized spacial score (nSPS) is 31.1. The van der Waals surface area contributed by atoms with E-state index in [0.29, 0.717) is 19.0 Å². The average Bonchev–Trinajstić information content (AvgIpc) is 3.43. The van der Waals surface area contributed by atoms with Crippen LogP contribution >= 0.6 is 24.0 Å². The zero-order valence-corrected chi connectivity index (χ0v) is 22.0. The summed E-state index contributed by atoms with van der Waals surface area (Å²) in [4.78, 5) is 36.7. The number of rotatable bonds is 8. The maximum atomic E-state index is 12.8. The fraction of sp³-hybridized carbons (Fsp3) is 0.783. The summed E-state index contributed by atoms with van der Waals surface area (Å²) >= 11 is 0. The smallest absolute Gasteiger partial charge is 0.233 e. The predicted octanol–water partition coefficient (Wildman–Crippen LogP) is 0.850. The number of fused-ring (bicyclic) bond motifs is 5. The van der Waals surface area contributed by atoms with E-state index in [9.17, 15) is 9.59 Å². The number of piperazine rings is 1. The SMILES string of the molecule is CCNC(=NCC(C)CN1CCN(C)CC1)NCCN1C(=O)C2C3C=CC(C3)C2C1=O.I. The van der Waals surface area contributed by atoms with Gasteiger partial charge in [-0.2, -0.15) is 0 Å². The van der Waals surface area contributed by atoms with Crippen LogP contribution in [0.3, 0.4) is 0 Å². The lowest BCUT2D eigenvalue weighted by atomic mass is 9.85. The highest BCUT2D eigenvalue weighted by Gasteiger charge is 2.58. The van der Waals surface area contributed by atoms with E-state index in [2.05, 4.69) is 46.6 Å². The molecule has 2 aliphatic carbocycles. The van der Waals surface area contributed by atoms with Gasteiger partial charge in [0, 0.05) is 58.9 Å². The van der Waals surface area contributed by atoms with E-state index in [1.165, 1.54) is 4.90 Å². The maximum absolute atomic E-state index is 12.8. The number of carbonyl (C=O) groups excluding carboxylic acids is 2. The van der Waals surface area contributed by atoms with Crippen LogP contribution < -0.4 is 10.6 Å². The standard InChI is InChI=1S/C23H38N6O2.HI/c1-4-24-23(26-14-16(2)15-28-11-9-27(3)10-12-28)25-7-8-29-21(30)19-17-5-6-18(13-17)20(19)22(29)31;/h5-6,16-20H,4,7-15H2,1-3H3,(H2,24,25,26);1H. The zero-order valence-electron chi connectivity index (χ0n) is 19.6. The van der Waals surface area contributed by atoms with E-state index in [0.717, 1.165) is 58.2 Å². The minimum absolute atomic E-state index is 0. The summed E-state index contributed by atoms with van der Waals surface area (Å²) in [7, 11) is 2.18. The van der Waals surface area contributed by atoms with Crippen LogP contribution in [0.5, 0.6) is 0 Å². The van der Waals surface area contributed by atoms with Gasteiger partial charge in [-0.05, 0) is 38.1 Å². The van der Waals surface area contributed by atoms with Crippen molar-refractivity contribution in [1.82, 2.24) is 25.3 Å². The number of hydrogen-bond donors (Lipinski definition) is 2. The number of nitrogens with one attached hydrogen (secondary N) is 2. The molecule has 4 aliphatic rings. The van der Waals surface area contributed by atoms with Gasteiger partial charge in [0.15, 0.2) is 5.96 Å². The van der Waals surface area contributed by atoms with E-state index in [1.807, 2.05) is 6.92 Å². The van der Waals surface area contributed by atoms with Gasteiger partial charge in [0.2, 0.25) is 11.8 Å². The number of hydrogen-bond acceptors (Lipinski definition) is 5. The van der Waals surface area contributed by atoms with E-state index in [4.69, 9.17) is 4.99 Å². The molecule has 2 aliphatic heterocycles. The zero-order chi connectivity index (χ0) is 22.0. The van der Waals surface area contributed by atoms with Crippen LogP contribution in [0.4, 0.5) is 0 Å². The minimum atomic E-state index is -0.111. The largest absolute Gasteiger partial charge is 0.357 e. The van der Waals surface area contributed by atoms with Crippen molar-refractivity contribution in [1.29, 1.82) is 0 Å². The summed E-state index contributed by atoms with van der Waals surface area (Å²) in [6.45, 7) is 12.3. The predicted molar refractivity (Wildman–Crippen MR) is 137 cm³/mol. The second-order valence-corrected chi connectivity index (χ2v) is 9.68. The van der Waals surface area contributed by atoms with Gasteiger partial charge in [-0.3, -0.25) is 19.5 Å². The molecule has 2 saturated heterocycles. The quantitative estimate of drug-likeness (QED) is 0.151. The van der Waals surface area contributed by atoms with Crippen LogP contribution in [-0.2, 0) is 9.59 Å². The lowest BCUT2D eigenvalue weighted by Gasteiger charge is -2.33. The van der Waals surface area contributed by atoms with Crippen LogP contribution in [-0.4, -0.2) is 98.4 Å². The van der Waals surface area contributed by atoms with Crippen LogP contribution in [0, 0.1) is 29.6 Å². The highest BCUT2D eigenvalue weighted by atomic mass is 127. The lowest BCUT2D eigenvalue weighted by molar-refractivity contribution is -0.140. The van der Waals surface area contributed by atoms with Crippen molar-refractivity contribution in [3.63, 3.8) is 0 Å². The Morgan fingerprint density at radius 3 is 2.31 bits per heavy atom. The molecule has 5 atom stereocenters. The van der Waals surface area contributed by atoms with Gasteiger partial charge in [0.1, 0.15) is 0 Å². The first-order valence-corrected chi connectivity index (χ1v) is 11.9. The molecule has 180 valence electrons. The molecule has 9 heteroatoms. The van der Waals surface area contributed by atoms with Crippen molar-refractivity contribution in [3.8, 4) is 0 Å². The third kappa shape index (κ3) is 5.47. The highest BCUT2D eigenvalue weighted by molar-refractivity contribution is 14.0. The minimum Gasteiger partial charge on any atom is -0.357 e. The van der Waals surface area contributed by atoms with Gasteiger partial charge in [0.25, 0.3) is 0 Å². The van der Waals surface area contributed by atoms with Crippen molar-refractivity contribution in [2.24, 2.45) is 34.6 Å². The summed E-state index contributed by atoms with van der Waals surface area (Å²) in [6.07, 6.45) is 5.25. The van der Waals surface area contributed by atoms with Crippen LogP contribution in [0.25, 0.3) is 0 Å². The van der Waals surface area contributed by atoms with Gasteiger partial charge in [-0.15, -0.1) is 24.0 Å². The lowest BCUT2D eigenvalue weighted by Crippen LogP contribution is -2.46. The second-order valence-electron chi connectivity index (χ2n) is 9.68. The fourth-order valence-corrected chi connectivity index (χ4v) is 5.59. The van der Waals surface area contributed by atoms with E-state index >= 15 is 0 Å². The monoisotopic (exact) mass is 558 g/mol. The molecular formula is C23H39IN6O2. The number of imide groups is 1. The molecule has 4 rings (SSSR count). The van der Waals surface area contributed by atoms with E-state index < -0.39 is 0 Å². The molecule has 0 spiro atoms. The summed E-state index contributed by atoms with van der Waals surface area (Å²) in [5.41, 5.74) is 0. The molecule has 8 nitrogen and oxygen atoms in total. The number of likely N-dealkylation sites (N-methyl/N-ethyl adjacent to an activating group) is 1. The van der Waals surface area contributed by atoms with E-state index in [-0.39, 0.29) is 59.5 Å². The topological polar surface area (TPSA) is 80.3 Å². The molecule has 0 aromatic heterocycles. The Labute approximate surface area is 209 Å². The third-order valence-electron chi connectivity index (χ3n) is 7.26. The summed E-state index contributed by atoms with van der Waals surface area (Å²) in [5, 5.41) is 6.59. The first-order valence-electron chi connectivity index (χ1n) is 11.9. The molecule has 2 bridgehead atoms. The number of halogens is 1. The third-order valence-corrected chi connectivity index (χ3v) is 7.26. The Morgan fingerprint density at radius 1 is 1.09 bits per heavy atom. The first kappa shape index (κ1) is 25.4. The molecule has 32 heavy (non-hydrogen) atoms. The Hall–Kier alpha value is -1.20. The number of guanidine groups is 1. The van der Waals surface area contributed by atoms with Gasteiger partial charge in [0.05, 0.1) is 11.8 Å². The first-order chi connectivity index (χ1) is 15.0. The summed E-state index contributed by atoms with van der Waals surface area (Å²) in [5.74, 6) is 1.60. The Balaban J connectivity index is 0.00000289. The van der Waals surface area contributed by atoms with Crippen molar-refractivity contribution in [2.75, 3.05) is 66.0 Å². The molecule has 5 unspecified atom stereocenters. The highest BCUT2D eigenvalue weighted by Crippen LogP contribution is 2.52. The van der Waals surface area contributed by atoms with Crippen molar-refractivity contribution in [3.05, 3.63) is 12.2 Å². The van der Waals surface area contributed by atoms with E-state index in [1.54, 1.807) is 0 Å². The van der Waals surface area contributed by atoms with Crippen LogP contribution in [0.2, 0.25) is 0 Å². The average molecular weight is 559 g/mol. The molecule has 2 heterocycles. The molecule has 3 fully saturated rings. The molecule has 2 amide bonds. The fourth-order valence-electron chi connectivity index (χ4n) is 5.59. The molecule has 0 radical (unpaired) electrons. The van der Waals surface area contributed by atoms with Crippen molar-refractivity contribution >= 4 is 41.8 Å². The van der Waals surface area contributed by atoms with Gasteiger partial charge in [-0.1, -0.05) is 19.1 Å².